The summed E-state index contributed by atoms with van der Waals surface area (Å²) in [6, 6.07) is 0.340. The second-order valence-electron chi connectivity index (χ2n) is 11.0. The molecule has 1 unspecified atom stereocenters. The summed E-state index contributed by atoms with van der Waals surface area (Å²) in [6.45, 7) is 7.29. The molecule has 0 radical (unpaired) electrons. The number of rotatable bonds is 2. The van der Waals surface area contributed by atoms with Crippen LogP contribution in [0.2, 0.25) is 0 Å². The van der Waals surface area contributed by atoms with Gasteiger partial charge >= 0.3 is 6.18 Å². The molecular weight excluding hydrogens is 405 g/mol. The molecule has 4 saturated carbocycles. The Morgan fingerprint density at radius 3 is 2.38 bits per heavy atom. The van der Waals surface area contributed by atoms with E-state index in [1.165, 1.54) is 4.68 Å². The van der Waals surface area contributed by atoms with Crippen LogP contribution in [0.1, 0.15) is 45.3 Å². The number of hydrogen-bond acceptors (Lipinski definition) is 5. The van der Waals surface area contributed by atoms with Crippen LogP contribution in [0.3, 0.4) is 0 Å². The van der Waals surface area contributed by atoms with Crippen molar-refractivity contribution in [3.63, 3.8) is 0 Å². The third-order valence-corrected chi connectivity index (χ3v) is 10.2. The number of nitrogens with zero attached hydrogens (tertiary/aromatic N) is 4. The molecule has 1 aromatic rings. The lowest BCUT2D eigenvalue weighted by atomic mass is 9.91. The van der Waals surface area contributed by atoms with Gasteiger partial charge in [-0.2, -0.15) is 13.2 Å². The molecule has 6 aliphatic rings. The maximum Gasteiger partial charge on any atom is 0.453 e. The molecule has 0 amide bonds. The first kappa shape index (κ1) is 18.6. The van der Waals surface area contributed by atoms with E-state index in [1.54, 1.807) is 0 Å². The largest absolute Gasteiger partial charge is 0.453 e. The van der Waals surface area contributed by atoms with Gasteiger partial charge < -0.3 is 0 Å². The molecular formula is C19H25F3N4O2S. The maximum atomic E-state index is 13.3. The average molecular weight is 430 g/mol. The normalized spacial score (nSPS) is 41.4. The number of hydrogen-bond donors (Lipinski definition) is 0. The average Bonchev–Trinajstić information content (AvgIpc) is 3.08. The fraction of sp³-hybridized carbons (Fsp3) is 0.895. The van der Waals surface area contributed by atoms with Gasteiger partial charge in [0.2, 0.25) is 0 Å². The van der Waals surface area contributed by atoms with E-state index < -0.39 is 27.4 Å². The van der Waals surface area contributed by atoms with Crippen molar-refractivity contribution in [2.45, 2.75) is 56.8 Å². The molecule has 6 fully saturated rings. The summed E-state index contributed by atoms with van der Waals surface area (Å²) in [5, 5.41) is 3.87. The summed E-state index contributed by atoms with van der Waals surface area (Å²) < 4.78 is 64.8. The molecule has 4 aliphatic carbocycles. The fourth-order valence-electron chi connectivity index (χ4n) is 7.06. The van der Waals surface area contributed by atoms with Crippen molar-refractivity contribution in [3.8, 4) is 0 Å². The Bertz CT molecular complexity index is 1010. The minimum absolute atomic E-state index is 0.0802. The Labute approximate surface area is 167 Å². The first-order valence-corrected chi connectivity index (χ1v) is 12.1. The Balaban J connectivity index is 1.28. The maximum absolute atomic E-state index is 13.3. The first-order valence-electron chi connectivity index (χ1n) is 10.3. The van der Waals surface area contributed by atoms with Gasteiger partial charge in [0, 0.05) is 23.4 Å². The third kappa shape index (κ3) is 2.25. The van der Waals surface area contributed by atoms with E-state index in [9.17, 15) is 21.6 Å². The summed E-state index contributed by atoms with van der Waals surface area (Å²) in [5.41, 5.74) is -0.887. The van der Waals surface area contributed by atoms with Crippen LogP contribution in [0, 0.1) is 23.2 Å². The Hall–Kier alpha value is -1.16. The fourth-order valence-corrected chi connectivity index (χ4v) is 9.31. The summed E-state index contributed by atoms with van der Waals surface area (Å²) in [5.74, 6) is 1.21. The van der Waals surface area contributed by atoms with E-state index in [1.807, 2.05) is 20.8 Å². The van der Waals surface area contributed by atoms with E-state index in [4.69, 9.17) is 0 Å². The van der Waals surface area contributed by atoms with Gasteiger partial charge in [-0.05, 0) is 57.9 Å². The zero-order valence-corrected chi connectivity index (χ0v) is 17.5. The van der Waals surface area contributed by atoms with Crippen molar-refractivity contribution in [3.05, 3.63) is 11.6 Å². The molecule has 2 aliphatic heterocycles. The zero-order chi connectivity index (χ0) is 20.8. The summed E-state index contributed by atoms with van der Waals surface area (Å²) in [4.78, 5) is 6.45. The number of sulfone groups is 1. The van der Waals surface area contributed by atoms with E-state index >= 15 is 0 Å². The van der Waals surface area contributed by atoms with Crippen LogP contribution in [0.15, 0.2) is 0 Å². The van der Waals surface area contributed by atoms with Gasteiger partial charge in [-0.1, -0.05) is 0 Å². The standard InChI is InChI=1S/C19H25F3N4O2S/c1-16(2,3)26-15(23-14(24-26)19(20,21)22)18-10-6-11(13(18)12(10)18)25-5-4-17(7-25)8-29(27,28)9-17/h10-13H,4-9H2,1-3H3/t10-,11-,12-,13?,18-/m1/s1. The van der Waals surface area contributed by atoms with Crippen LogP contribution in [-0.4, -0.2) is 58.7 Å². The van der Waals surface area contributed by atoms with Crippen LogP contribution in [-0.2, 0) is 27.0 Å². The third-order valence-electron chi connectivity index (χ3n) is 8.10. The lowest BCUT2D eigenvalue weighted by molar-refractivity contribution is -0.145. The number of halogens is 3. The van der Waals surface area contributed by atoms with Crippen LogP contribution in [0.25, 0.3) is 0 Å². The predicted octanol–water partition coefficient (Wildman–Crippen LogP) is 2.06. The highest BCUT2D eigenvalue weighted by atomic mass is 32.2. The molecule has 0 aromatic carbocycles. The monoisotopic (exact) mass is 430 g/mol. The van der Waals surface area contributed by atoms with Crippen molar-refractivity contribution in [1.29, 1.82) is 0 Å². The van der Waals surface area contributed by atoms with E-state index in [0.717, 1.165) is 25.9 Å². The van der Waals surface area contributed by atoms with Gasteiger partial charge in [0.15, 0.2) is 9.84 Å². The molecule has 0 N–H and O–H groups in total. The van der Waals surface area contributed by atoms with Crippen LogP contribution in [0.4, 0.5) is 13.2 Å². The van der Waals surface area contributed by atoms with Crippen molar-refractivity contribution < 1.29 is 21.6 Å². The predicted molar refractivity (Wildman–Crippen MR) is 97.8 cm³/mol. The quantitative estimate of drug-likeness (QED) is 0.719. The highest BCUT2D eigenvalue weighted by Gasteiger charge is 2.94. The Morgan fingerprint density at radius 2 is 1.83 bits per heavy atom. The molecule has 1 spiro atoms. The summed E-state index contributed by atoms with van der Waals surface area (Å²) >= 11 is 0. The van der Waals surface area contributed by atoms with Gasteiger partial charge in [0.05, 0.1) is 17.0 Å². The zero-order valence-electron chi connectivity index (χ0n) is 16.7. The van der Waals surface area contributed by atoms with E-state index in [-0.39, 0.29) is 10.8 Å². The molecule has 5 atom stereocenters. The van der Waals surface area contributed by atoms with Crippen LogP contribution in [0.5, 0.6) is 0 Å². The molecule has 160 valence electrons. The lowest BCUT2D eigenvalue weighted by Crippen LogP contribution is -2.50. The van der Waals surface area contributed by atoms with Gasteiger partial charge in [-0.3, -0.25) is 4.90 Å². The highest BCUT2D eigenvalue weighted by molar-refractivity contribution is 7.92. The van der Waals surface area contributed by atoms with Crippen LogP contribution < -0.4 is 0 Å². The van der Waals surface area contributed by atoms with Gasteiger partial charge in [-0.15, -0.1) is 5.10 Å². The Morgan fingerprint density at radius 1 is 1.14 bits per heavy atom. The molecule has 10 heteroatoms. The summed E-state index contributed by atoms with van der Waals surface area (Å²) in [6.07, 6.45) is -2.65. The minimum Gasteiger partial charge on any atom is -0.299 e. The second kappa shape index (κ2) is 4.84. The smallest absolute Gasteiger partial charge is 0.299 e. The number of alkyl halides is 3. The number of fused-ring (bicyclic) bond motifs is 1. The van der Waals surface area contributed by atoms with Gasteiger partial charge in [0.1, 0.15) is 5.82 Å². The lowest BCUT2D eigenvalue weighted by Gasteiger charge is -2.38. The van der Waals surface area contributed by atoms with Crippen LogP contribution >= 0.6 is 0 Å². The molecule has 2 bridgehead atoms. The molecule has 2 saturated heterocycles. The number of likely N-dealkylation sites (tertiary alicyclic amines) is 1. The van der Waals surface area contributed by atoms with Crippen molar-refractivity contribution >= 4 is 9.84 Å². The molecule has 29 heavy (non-hydrogen) atoms. The summed E-state index contributed by atoms with van der Waals surface area (Å²) in [7, 11) is -2.86. The minimum atomic E-state index is -4.54. The topological polar surface area (TPSA) is 68.1 Å². The molecule has 6 nitrogen and oxygen atoms in total. The van der Waals surface area contributed by atoms with Crippen molar-refractivity contribution in [1.82, 2.24) is 19.7 Å². The number of aromatic nitrogens is 3. The molecule has 3 heterocycles. The second-order valence-corrected chi connectivity index (χ2v) is 13.1. The first-order chi connectivity index (χ1) is 13.3. The van der Waals surface area contributed by atoms with E-state index in [0.29, 0.717) is 41.1 Å². The molecule has 7 rings (SSSR count). The van der Waals surface area contributed by atoms with E-state index in [2.05, 4.69) is 15.0 Å². The SMILES string of the molecule is CC(C)(C)n1nc(C(F)(F)F)nc1[C@]12C3[C@H](N4CCC5(C4)CS(=O)(=O)C5)C[C@@H]1[C@H]32. The highest BCUT2D eigenvalue weighted by Crippen LogP contribution is 2.91. The van der Waals surface area contributed by atoms with Gasteiger partial charge in [0.25, 0.3) is 5.82 Å². The van der Waals surface area contributed by atoms with Crippen molar-refractivity contribution in [2.24, 2.45) is 23.2 Å². The van der Waals surface area contributed by atoms with Crippen molar-refractivity contribution in [2.75, 3.05) is 24.6 Å². The molecule has 1 aromatic heterocycles. The van der Waals surface area contributed by atoms with Gasteiger partial charge in [-0.25, -0.2) is 18.1 Å². The Kier molecular flexibility index (Phi) is 3.10.